The summed E-state index contributed by atoms with van der Waals surface area (Å²) in [5.41, 5.74) is 0.882. The minimum Gasteiger partial charge on any atom is -0.497 e. The highest BCUT2D eigenvalue weighted by Crippen LogP contribution is 2.23. The van der Waals surface area contributed by atoms with E-state index in [2.05, 4.69) is 10.6 Å². The number of hydrogen-bond acceptors (Lipinski definition) is 6. The van der Waals surface area contributed by atoms with E-state index in [1.54, 1.807) is 31.3 Å². The maximum atomic E-state index is 12.7. The highest BCUT2D eigenvalue weighted by atomic mass is 16.6. The van der Waals surface area contributed by atoms with Gasteiger partial charge in [-0.25, -0.2) is 0 Å². The minimum absolute atomic E-state index is 0.114. The third kappa shape index (κ3) is 4.94. The molecule has 2 aromatic rings. The van der Waals surface area contributed by atoms with Crippen LogP contribution in [0.1, 0.15) is 10.4 Å². The maximum Gasteiger partial charge on any atom is 0.270 e. The number of likely N-dealkylation sites (N-methyl/N-ethyl adjacent to an activating group) is 1. The fourth-order valence-corrected chi connectivity index (χ4v) is 2.43. The number of amides is 2. The summed E-state index contributed by atoms with van der Waals surface area (Å²) in [5.74, 6) is -0.327. The van der Waals surface area contributed by atoms with Gasteiger partial charge >= 0.3 is 0 Å². The molecule has 2 rings (SSSR count). The molecule has 0 heterocycles. The molecule has 0 aliphatic heterocycles. The molecule has 27 heavy (non-hydrogen) atoms. The van der Waals surface area contributed by atoms with Crippen LogP contribution in [0.2, 0.25) is 0 Å². The number of hydrogen-bond donors (Lipinski definition) is 2. The number of nitro groups is 1. The molecule has 2 aromatic carbocycles. The van der Waals surface area contributed by atoms with Gasteiger partial charge in [0.05, 0.1) is 24.1 Å². The average molecular weight is 372 g/mol. The van der Waals surface area contributed by atoms with E-state index in [9.17, 15) is 19.7 Å². The Bertz CT molecular complexity index is 869. The van der Waals surface area contributed by atoms with Gasteiger partial charge in [0.1, 0.15) is 5.75 Å². The van der Waals surface area contributed by atoms with E-state index in [0.29, 0.717) is 17.1 Å². The van der Waals surface area contributed by atoms with Crippen molar-refractivity contribution in [2.24, 2.45) is 0 Å². The Morgan fingerprint density at radius 3 is 2.59 bits per heavy atom. The van der Waals surface area contributed by atoms with Crippen LogP contribution in [0.5, 0.6) is 5.75 Å². The van der Waals surface area contributed by atoms with Crippen molar-refractivity contribution in [2.45, 2.75) is 0 Å². The predicted molar refractivity (Wildman–Crippen MR) is 101 cm³/mol. The number of rotatable bonds is 7. The highest BCUT2D eigenvalue weighted by Gasteiger charge is 2.21. The molecule has 0 aliphatic carbocycles. The van der Waals surface area contributed by atoms with Gasteiger partial charge in [-0.3, -0.25) is 19.7 Å². The number of nitrogens with zero attached hydrogens (tertiary/aromatic N) is 2. The highest BCUT2D eigenvalue weighted by molar-refractivity contribution is 6.03. The molecule has 0 unspecified atom stereocenters. The second-order valence-corrected chi connectivity index (χ2v) is 5.68. The molecule has 0 atom stereocenters. The van der Waals surface area contributed by atoms with Gasteiger partial charge in [-0.1, -0.05) is 6.07 Å². The van der Waals surface area contributed by atoms with Crippen molar-refractivity contribution in [1.82, 2.24) is 4.90 Å². The summed E-state index contributed by atoms with van der Waals surface area (Å²) in [7, 11) is 4.57. The lowest BCUT2D eigenvalue weighted by Crippen LogP contribution is -2.35. The van der Waals surface area contributed by atoms with Crippen molar-refractivity contribution in [2.75, 3.05) is 38.4 Å². The molecule has 142 valence electrons. The maximum absolute atomic E-state index is 12.7. The van der Waals surface area contributed by atoms with Crippen molar-refractivity contribution in [3.05, 3.63) is 58.1 Å². The molecule has 0 fully saturated rings. The summed E-state index contributed by atoms with van der Waals surface area (Å²) < 4.78 is 5.09. The first-order valence-corrected chi connectivity index (χ1v) is 8.01. The van der Waals surface area contributed by atoms with Gasteiger partial charge in [0.2, 0.25) is 5.91 Å². The summed E-state index contributed by atoms with van der Waals surface area (Å²) in [6.45, 7) is -0.220. The second-order valence-electron chi connectivity index (χ2n) is 5.68. The molecule has 2 amide bonds. The van der Waals surface area contributed by atoms with E-state index in [1.165, 1.54) is 37.3 Å². The first-order valence-electron chi connectivity index (χ1n) is 8.01. The van der Waals surface area contributed by atoms with E-state index in [1.807, 2.05) is 0 Å². The van der Waals surface area contributed by atoms with Crippen LogP contribution in [0.15, 0.2) is 42.5 Å². The SMILES string of the molecule is CNc1ccc([N+](=O)[O-])cc1C(=O)N(C)CC(=O)Nc1cccc(OC)c1. The van der Waals surface area contributed by atoms with Crippen LogP contribution in [-0.4, -0.2) is 49.4 Å². The van der Waals surface area contributed by atoms with Crippen LogP contribution in [0.25, 0.3) is 0 Å². The molecule has 0 bridgehead atoms. The second kappa shape index (κ2) is 8.65. The lowest BCUT2D eigenvalue weighted by atomic mass is 10.1. The average Bonchev–Trinajstić information content (AvgIpc) is 2.66. The normalized spacial score (nSPS) is 10.0. The Labute approximate surface area is 156 Å². The zero-order valence-electron chi connectivity index (χ0n) is 15.2. The molecule has 9 nitrogen and oxygen atoms in total. The van der Waals surface area contributed by atoms with Crippen LogP contribution in [0.3, 0.4) is 0 Å². The quantitative estimate of drug-likeness (QED) is 0.570. The van der Waals surface area contributed by atoms with Crippen LogP contribution < -0.4 is 15.4 Å². The molecule has 0 radical (unpaired) electrons. The van der Waals surface area contributed by atoms with Gasteiger partial charge in [-0.05, 0) is 18.2 Å². The van der Waals surface area contributed by atoms with Crippen molar-refractivity contribution in [3.63, 3.8) is 0 Å². The first-order chi connectivity index (χ1) is 12.8. The minimum atomic E-state index is -0.578. The van der Waals surface area contributed by atoms with E-state index in [0.717, 1.165) is 0 Å². The summed E-state index contributed by atoms with van der Waals surface area (Å²) >= 11 is 0. The number of ether oxygens (including phenoxy) is 1. The van der Waals surface area contributed by atoms with Crippen molar-refractivity contribution >= 4 is 28.9 Å². The third-order valence-corrected chi connectivity index (χ3v) is 3.79. The monoisotopic (exact) mass is 372 g/mol. The molecule has 0 saturated heterocycles. The zero-order valence-corrected chi connectivity index (χ0v) is 15.2. The van der Waals surface area contributed by atoms with Gasteiger partial charge in [-0.2, -0.15) is 0 Å². The van der Waals surface area contributed by atoms with Gasteiger partial charge in [0, 0.05) is 43.7 Å². The lowest BCUT2D eigenvalue weighted by Gasteiger charge is -2.18. The first kappa shape index (κ1) is 19.7. The molecular formula is C18H20N4O5. The Kier molecular flexibility index (Phi) is 6.32. The van der Waals surface area contributed by atoms with Crippen LogP contribution in [-0.2, 0) is 4.79 Å². The van der Waals surface area contributed by atoms with E-state index >= 15 is 0 Å². The van der Waals surface area contributed by atoms with Gasteiger partial charge in [0.25, 0.3) is 11.6 Å². The number of methoxy groups -OCH3 is 1. The number of carbonyl (C=O) groups is 2. The van der Waals surface area contributed by atoms with E-state index in [4.69, 9.17) is 4.74 Å². The molecule has 2 N–H and O–H groups in total. The van der Waals surface area contributed by atoms with Crippen LogP contribution in [0, 0.1) is 10.1 Å². The largest absolute Gasteiger partial charge is 0.497 e. The zero-order chi connectivity index (χ0) is 20.0. The van der Waals surface area contributed by atoms with E-state index < -0.39 is 16.7 Å². The molecule has 0 aliphatic rings. The van der Waals surface area contributed by atoms with Crippen molar-refractivity contribution < 1.29 is 19.2 Å². The third-order valence-electron chi connectivity index (χ3n) is 3.79. The van der Waals surface area contributed by atoms with Crippen molar-refractivity contribution in [1.29, 1.82) is 0 Å². The molecular weight excluding hydrogens is 352 g/mol. The van der Waals surface area contributed by atoms with Gasteiger partial charge in [-0.15, -0.1) is 0 Å². The van der Waals surface area contributed by atoms with Gasteiger partial charge in [0.15, 0.2) is 0 Å². The smallest absolute Gasteiger partial charge is 0.270 e. The Balaban J connectivity index is 2.11. The summed E-state index contributed by atoms with van der Waals surface area (Å²) in [6, 6.07) is 10.8. The Morgan fingerprint density at radius 2 is 1.96 bits per heavy atom. The summed E-state index contributed by atoms with van der Waals surface area (Å²) in [6.07, 6.45) is 0. The summed E-state index contributed by atoms with van der Waals surface area (Å²) in [4.78, 5) is 36.4. The van der Waals surface area contributed by atoms with E-state index in [-0.39, 0.29) is 17.8 Å². The van der Waals surface area contributed by atoms with Crippen LogP contribution >= 0.6 is 0 Å². The molecule has 9 heteroatoms. The number of nitrogens with one attached hydrogen (secondary N) is 2. The molecule has 0 saturated carbocycles. The standard InChI is InChI=1S/C18H20N4O5/c1-19-16-8-7-13(22(25)26)10-15(16)18(24)21(2)11-17(23)20-12-5-4-6-14(9-12)27-3/h4-10,19H,11H2,1-3H3,(H,20,23). The number of nitro benzene ring substituents is 1. The van der Waals surface area contributed by atoms with Crippen molar-refractivity contribution in [3.8, 4) is 5.75 Å². The number of anilines is 2. The fourth-order valence-electron chi connectivity index (χ4n) is 2.43. The predicted octanol–water partition coefficient (Wildman–Crippen LogP) is 2.36. The summed E-state index contributed by atoms with van der Waals surface area (Å²) in [5, 5.41) is 16.5. The molecule has 0 aromatic heterocycles. The van der Waals surface area contributed by atoms with Gasteiger partial charge < -0.3 is 20.3 Å². The lowest BCUT2D eigenvalue weighted by molar-refractivity contribution is -0.384. The van der Waals surface area contributed by atoms with Crippen LogP contribution in [0.4, 0.5) is 17.1 Å². The Hall–Kier alpha value is -3.62. The topological polar surface area (TPSA) is 114 Å². The molecule has 0 spiro atoms. The number of non-ortho nitro benzene ring substituents is 1. The number of carbonyl (C=O) groups excluding carboxylic acids is 2. The fraction of sp³-hybridized carbons (Fsp3) is 0.222. The number of benzene rings is 2. The Morgan fingerprint density at radius 1 is 1.22 bits per heavy atom.